The van der Waals surface area contributed by atoms with E-state index < -0.39 is 0 Å². The first-order valence-corrected chi connectivity index (χ1v) is 11.7. The number of nitrogens with zero attached hydrogens (tertiary/aromatic N) is 3. The molecule has 0 radical (unpaired) electrons. The summed E-state index contributed by atoms with van der Waals surface area (Å²) in [4.78, 5) is 15.7. The molecule has 0 aromatic rings. The zero-order valence-corrected chi connectivity index (χ0v) is 18.0. The second kappa shape index (κ2) is 7.91. The van der Waals surface area contributed by atoms with E-state index in [0.29, 0.717) is 24.0 Å². The highest BCUT2D eigenvalue weighted by Crippen LogP contribution is 2.47. The van der Waals surface area contributed by atoms with E-state index in [9.17, 15) is 4.79 Å². The Morgan fingerprint density at radius 1 is 1.14 bits per heavy atom. The van der Waals surface area contributed by atoms with Gasteiger partial charge in [0.05, 0.1) is 25.4 Å². The van der Waals surface area contributed by atoms with E-state index in [-0.39, 0.29) is 12.1 Å². The Bertz CT molecular complexity index is 651. The van der Waals surface area contributed by atoms with Crippen LogP contribution in [0, 0.1) is 5.92 Å². The summed E-state index contributed by atoms with van der Waals surface area (Å²) < 4.78 is 16.2. The molecule has 6 nitrogen and oxygen atoms in total. The van der Waals surface area contributed by atoms with Crippen molar-refractivity contribution in [1.29, 1.82) is 0 Å². The molecule has 0 aromatic heterocycles. The van der Waals surface area contributed by atoms with Gasteiger partial charge in [-0.15, -0.1) is 0 Å². The molecule has 28 heavy (non-hydrogen) atoms. The maximum absolute atomic E-state index is 13.5. The number of carbonyl (C=O) groups is 1. The predicted octanol–water partition coefficient (Wildman–Crippen LogP) is 2.46. The molecule has 3 fully saturated rings. The van der Waals surface area contributed by atoms with Crippen LogP contribution in [0.1, 0.15) is 45.4 Å². The van der Waals surface area contributed by atoms with Gasteiger partial charge in [-0.05, 0) is 50.0 Å². The number of morpholine rings is 1. The van der Waals surface area contributed by atoms with Gasteiger partial charge >= 0.3 is 0 Å². The summed E-state index contributed by atoms with van der Waals surface area (Å²) >= 11 is 1.83. The lowest BCUT2D eigenvalue weighted by Gasteiger charge is -2.57. The summed E-state index contributed by atoms with van der Waals surface area (Å²) in [7, 11) is 1.85. The van der Waals surface area contributed by atoms with Gasteiger partial charge in [-0.1, -0.05) is 12.5 Å². The van der Waals surface area contributed by atoms with Crippen molar-refractivity contribution in [2.24, 2.45) is 5.92 Å². The van der Waals surface area contributed by atoms with E-state index >= 15 is 0 Å². The Morgan fingerprint density at radius 3 is 2.75 bits per heavy atom. The molecule has 4 heterocycles. The molecule has 0 aromatic carbocycles. The fourth-order valence-corrected chi connectivity index (χ4v) is 7.21. The van der Waals surface area contributed by atoms with Crippen LogP contribution < -0.4 is 0 Å². The van der Waals surface area contributed by atoms with Crippen LogP contribution in [0.2, 0.25) is 0 Å². The lowest BCUT2D eigenvalue weighted by molar-refractivity contribution is -0.147. The Labute approximate surface area is 172 Å². The van der Waals surface area contributed by atoms with E-state index in [4.69, 9.17) is 9.47 Å². The van der Waals surface area contributed by atoms with Gasteiger partial charge in [0, 0.05) is 44.9 Å². The van der Waals surface area contributed by atoms with E-state index in [2.05, 4.69) is 20.4 Å². The standard InChI is InChI=1S/C21H33N3O3S/c1-14-12-16-15(13-19(14)26-2)6-7-23-20(16)17-4-3-5-18(21(23)25)24(17)28-22-8-10-27-11-9-22/h14,17-20H,3-13H2,1-2H3. The molecular weight excluding hydrogens is 374 g/mol. The Hall–Kier alpha value is -0.600. The molecule has 7 heteroatoms. The fourth-order valence-electron chi connectivity index (χ4n) is 5.98. The number of carbonyl (C=O) groups excluding carboxylic acids is 1. The van der Waals surface area contributed by atoms with Crippen LogP contribution in [0.15, 0.2) is 11.1 Å². The molecule has 0 N–H and O–H groups in total. The van der Waals surface area contributed by atoms with E-state index in [1.54, 1.807) is 11.1 Å². The molecule has 0 saturated carbocycles. The van der Waals surface area contributed by atoms with E-state index in [1.165, 1.54) is 12.8 Å². The summed E-state index contributed by atoms with van der Waals surface area (Å²) in [5.74, 6) is 0.898. The number of amides is 1. The minimum absolute atomic E-state index is 0.0535. The van der Waals surface area contributed by atoms with Crippen molar-refractivity contribution in [2.75, 3.05) is 40.0 Å². The third kappa shape index (κ3) is 3.23. The van der Waals surface area contributed by atoms with Crippen LogP contribution in [-0.4, -0.2) is 83.6 Å². The first-order chi connectivity index (χ1) is 13.7. The molecule has 5 unspecified atom stereocenters. The molecule has 5 aliphatic rings. The van der Waals surface area contributed by atoms with Gasteiger partial charge in [0.1, 0.15) is 6.04 Å². The number of rotatable bonds is 3. The molecule has 0 spiro atoms. The van der Waals surface area contributed by atoms with Crippen LogP contribution >= 0.6 is 12.1 Å². The van der Waals surface area contributed by atoms with Crippen molar-refractivity contribution < 1.29 is 14.3 Å². The van der Waals surface area contributed by atoms with Crippen molar-refractivity contribution in [3.63, 3.8) is 0 Å². The number of hydrogen-bond acceptors (Lipinski definition) is 6. The minimum Gasteiger partial charge on any atom is -0.381 e. The third-order valence-corrected chi connectivity index (χ3v) is 8.76. The Balaban J connectivity index is 1.45. The first-order valence-electron chi connectivity index (χ1n) is 11.0. The normalized spacial score (nSPS) is 39.7. The van der Waals surface area contributed by atoms with Crippen LogP contribution in [-0.2, 0) is 14.3 Å². The summed E-state index contributed by atoms with van der Waals surface area (Å²) in [6, 6.07) is 0.778. The fraction of sp³-hybridized carbons (Fsp3) is 0.857. The number of methoxy groups -OCH3 is 1. The van der Waals surface area contributed by atoms with E-state index in [0.717, 1.165) is 58.5 Å². The SMILES string of the molecule is COC1CC2=C(CC1C)C1C3CCCC(C(=O)N1CC2)N3SN1CCOCC1. The zero-order valence-electron chi connectivity index (χ0n) is 17.1. The number of hydrogen-bond donors (Lipinski definition) is 0. The topological polar surface area (TPSA) is 45.2 Å². The van der Waals surface area contributed by atoms with Gasteiger partial charge in [-0.2, -0.15) is 0 Å². The largest absolute Gasteiger partial charge is 0.381 e. The second-order valence-electron chi connectivity index (χ2n) is 9.01. The average Bonchev–Trinajstić information content (AvgIpc) is 2.72. The van der Waals surface area contributed by atoms with Crippen LogP contribution in [0.4, 0.5) is 0 Å². The van der Waals surface area contributed by atoms with Gasteiger partial charge in [-0.3, -0.25) is 4.79 Å². The highest BCUT2D eigenvalue weighted by Gasteiger charge is 2.53. The number of fused-ring (bicyclic) bond motifs is 5. The van der Waals surface area contributed by atoms with Crippen molar-refractivity contribution in [1.82, 2.24) is 13.5 Å². The van der Waals surface area contributed by atoms with Gasteiger partial charge in [0.15, 0.2) is 0 Å². The lowest BCUT2D eigenvalue weighted by Crippen LogP contribution is -2.68. The maximum atomic E-state index is 13.5. The van der Waals surface area contributed by atoms with Gasteiger partial charge in [0.25, 0.3) is 0 Å². The molecule has 1 aliphatic carbocycles. The number of piperazine rings is 1. The Morgan fingerprint density at radius 2 is 1.96 bits per heavy atom. The second-order valence-corrected chi connectivity index (χ2v) is 10.1. The summed E-state index contributed by atoms with van der Waals surface area (Å²) in [5, 5.41) is 0. The zero-order chi connectivity index (χ0) is 19.3. The minimum atomic E-state index is 0.0535. The molecule has 5 rings (SSSR count). The van der Waals surface area contributed by atoms with Crippen molar-refractivity contribution in [2.45, 2.75) is 69.7 Å². The molecular formula is C21H33N3O3S. The van der Waals surface area contributed by atoms with Gasteiger partial charge < -0.3 is 14.4 Å². The maximum Gasteiger partial charge on any atom is 0.241 e. The smallest absolute Gasteiger partial charge is 0.241 e. The summed E-state index contributed by atoms with van der Waals surface area (Å²) in [5.41, 5.74) is 3.15. The van der Waals surface area contributed by atoms with Crippen LogP contribution in [0.3, 0.4) is 0 Å². The third-order valence-electron chi connectivity index (χ3n) is 7.45. The van der Waals surface area contributed by atoms with Gasteiger partial charge in [0.2, 0.25) is 5.91 Å². The molecule has 1 amide bonds. The molecule has 156 valence electrons. The number of ether oxygens (including phenoxy) is 2. The first kappa shape index (κ1) is 19.4. The van der Waals surface area contributed by atoms with Crippen LogP contribution in [0.5, 0.6) is 0 Å². The van der Waals surface area contributed by atoms with Crippen molar-refractivity contribution in [3.05, 3.63) is 11.1 Å². The highest BCUT2D eigenvalue weighted by molar-refractivity contribution is 7.94. The van der Waals surface area contributed by atoms with E-state index in [1.807, 2.05) is 19.2 Å². The average molecular weight is 408 g/mol. The Kier molecular flexibility index (Phi) is 5.47. The highest BCUT2D eigenvalue weighted by atomic mass is 32.2. The van der Waals surface area contributed by atoms with Crippen LogP contribution in [0.25, 0.3) is 0 Å². The molecule has 5 atom stereocenters. The molecule has 3 saturated heterocycles. The summed E-state index contributed by atoms with van der Waals surface area (Å²) in [6.45, 7) is 6.70. The summed E-state index contributed by atoms with van der Waals surface area (Å²) in [6.07, 6.45) is 6.88. The quantitative estimate of drug-likeness (QED) is 0.529. The van der Waals surface area contributed by atoms with Crippen molar-refractivity contribution >= 4 is 18.0 Å². The van der Waals surface area contributed by atoms with Gasteiger partial charge in [-0.25, -0.2) is 8.61 Å². The molecule has 2 bridgehead atoms. The monoisotopic (exact) mass is 407 g/mol. The predicted molar refractivity (Wildman–Crippen MR) is 110 cm³/mol. The van der Waals surface area contributed by atoms with Crippen molar-refractivity contribution in [3.8, 4) is 0 Å². The number of piperidine rings is 1. The lowest BCUT2D eigenvalue weighted by atomic mass is 9.72. The molecule has 4 aliphatic heterocycles.